The summed E-state index contributed by atoms with van der Waals surface area (Å²) in [6.07, 6.45) is 14.1. The second-order valence-electron chi connectivity index (χ2n) is 10.8. The summed E-state index contributed by atoms with van der Waals surface area (Å²) in [6, 6.07) is 15.0. The predicted octanol–water partition coefficient (Wildman–Crippen LogP) is 7.82. The molecule has 1 N–H and O–H groups in total. The monoisotopic (exact) mass is 552 g/mol. The third kappa shape index (κ3) is 5.54. The minimum atomic E-state index is -4.51. The van der Waals surface area contributed by atoms with Gasteiger partial charge in [0.25, 0.3) is 0 Å². The molecule has 2 nitrogen and oxygen atoms in total. The second kappa shape index (κ2) is 11.2. The fraction of sp³-hybridized carbons (Fsp3) is 0.536. The Hall–Kier alpha value is -0.579. The van der Waals surface area contributed by atoms with Crippen LogP contribution in [0.4, 0.5) is 0 Å². The van der Waals surface area contributed by atoms with Gasteiger partial charge in [-0.15, -0.1) is 0 Å². The van der Waals surface area contributed by atoms with E-state index in [4.69, 9.17) is 18.6 Å². The minimum absolute atomic E-state index is 0.0293. The molecule has 34 heavy (non-hydrogen) atoms. The van der Waals surface area contributed by atoms with Crippen molar-refractivity contribution in [2.75, 3.05) is 0 Å². The summed E-state index contributed by atoms with van der Waals surface area (Å²) in [6.45, 7) is 2.80. The molecule has 0 aromatic heterocycles. The molecular weight excluding hydrogens is 513 g/mol. The Balaban J connectivity index is 1.62. The van der Waals surface area contributed by atoms with Crippen molar-refractivity contribution < 1.29 is 17.5 Å². The number of nitrogens with one attached hydrogen (secondary N) is 1. The Morgan fingerprint density at radius 3 is 2.00 bits per heavy atom. The van der Waals surface area contributed by atoms with Crippen molar-refractivity contribution >= 4 is 35.0 Å². The van der Waals surface area contributed by atoms with Crippen molar-refractivity contribution in [2.45, 2.75) is 90.1 Å². The molecule has 0 aliphatic heterocycles. The summed E-state index contributed by atoms with van der Waals surface area (Å²) in [5.41, 5.74) is 5.08. The second-order valence-corrected chi connectivity index (χ2v) is 38.2. The van der Waals surface area contributed by atoms with Gasteiger partial charge in [-0.1, -0.05) is 0 Å². The molecular formula is C28H40Cl2NOSiTi. The van der Waals surface area contributed by atoms with Gasteiger partial charge in [-0.2, -0.15) is 0 Å². The van der Waals surface area contributed by atoms with Crippen molar-refractivity contribution in [3.05, 3.63) is 53.6 Å². The number of fused-ring (bicyclic) bond motifs is 3. The van der Waals surface area contributed by atoms with Gasteiger partial charge in [-0.3, -0.25) is 0 Å². The molecule has 2 aliphatic rings. The Kier molecular flexibility index (Phi) is 8.74. The molecule has 0 radical (unpaired) electrons. The number of rotatable bonds is 4. The van der Waals surface area contributed by atoms with Gasteiger partial charge in [0, 0.05) is 0 Å². The van der Waals surface area contributed by atoms with Gasteiger partial charge in [0.15, 0.2) is 0 Å². The Bertz CT molecular complexity index is 1010. The summed E-state index contributed by atoms with van der Waals surface area (Å²) in [7, 11) is 15.3. The summed E-state index contributed by atoms with van der Waals surface area (Å²) in [4.78, 5) is 13.8. The molecule has 0 bridgehead atoms. The van der Waals surface area contributed by atoms with Crippen molar-refractivity contribution in [3.63, 3.8) is 0 Å². The number of halogens is 2. The topological polar surface area (TPSA) is 29.1 Å². The van der Waals surface area contributed by atoms with Gasteiger partial charge in [0.05, 0.1) is 0 Å². The quantitative estimate of drug-likeness (QED) is 0.328. The summed E-state index contributed by atoms with van der Waals surface area (Å²) in [5.74, 6) is 0.148. The van der Waals surface area contributed by atoms with E-state index in [2.05, 4.69) is 59.4 Å². The zero-order valence-electron chi connectivity index (χ0n) is 20.8. The average molecular weight is 553 g/mol. The fourth-order valence-electron chi connectivity index (χ4n) is 5.86. The maximum atomic E-state index is 13.8. The van der Waals surface area contributed by atoms with E-state index < -0.39 is 19.4 Å². The molecule has 6 heteroatoms. The molecule has 185 valence electrons. The van der Waals surface area contributed by atoms with Crippen LogP contribution in [0.1, 0.15) is 81.8 Å². The number of hydrogen-bond donors (Lipinski definition) is 1. The SMILES string of the molecule is C[SiH](C)[Ti]([Cl])([Cl])([NH]C(=O)C1CCCCCCCCCCC1)[c]1cccc2c1Cc1ccccc1-2. The third-order valence-electron chi connectivity index (χ3n) is 8.19. The van der Waals surface area contributed by atoms with Crippen molar-refractivity contribution in [2.24, 2.45) is 5.92 Å². The van der Waals surface area contributed by atoms with Crippen LogP contribution in [0.2, 0.25) is 13.1 Å². The number of carbonyl (C=O) groups excluding carboxylic acids is 1. The van der Waals surface area contributed by atoms with Crippen LogP contribution in [0, 0.1) is 5.92 Å². The van der Waals surface area contributed by atoms with Gasteiger partial charge >= 0.3 is 217 Å². The number of carbonyl (C=O) groups is 1. The normalized spacial score (nSPS) is 19.3. The molecule has 0 heterocycles. The zero-order valence-corrected chi connectivity index (χ0v) is 25.1. The van der Waals surface area contributed by atoms with Crippen LogP contribution < -0.4 is 7.67 Å². The van der Waals surface area contributed by atoms with Crippen LogP contribution in [0.25, 0.3) is 11.1 Å². The first-order valence-corrected chi connectivity index (χ1v) is 24.9. The van der Waals surface area contributed by atoms with Crippen LogP contribution in [-0.2, 0) is 23.9 Å². The number of amides is 1. The first-order valence-electron chi connectivity index (χ1n) is 13.4. The summed E-state index contributed by atoms with van der Waals surface area (Å²) in [5, 5.41) is 0. The van der Waals surface area contributed by atoms with E-state index >= 15 is 0 Å². The van der Waals surface area contributed by atoms with Crippen LogP contribution in [-0.4, -0.2) is 12.6 Å². The Labute approximate surface area is 215 Å². The zero-order chi connectivity index (χ0) is 24.2. The van der Waals surface area contributed by atoms with E-state index in [0.29, 0.717) is 0 Å². The van der Waals surface area contributed by atoms with Crippen LogP contribution in [0.15, 0.2) is 42.5 Å². The maximum absolute atomic E-state index is 13.8. The summed E-state index contributed by atoms with van der Waals surface area (Å²) >= 11 is -4.51. The Morgan fingerprint density at radius 1 is 0.824 bits per heavy atom. The van der Waals surface area contributed by atoms with E-state index in [-0.39, 0.29) is 11.8 Å². The van der Waals surface area contributed by atoms with Crippen molar-refractivity contribution in [1.29, 1.82) is 0 Å². The standard InChI is InChI=1S/C13H25NO.C13H9.C2H7Si.2ClH.Ti/c14-13(15)12-10-8-6-4-2-1-3-5-7-9-11-12;1-3-7-12-10(5-1)9-11-6-2-4-8-13(11)12;1-3-2;;;/h12H,1-11H2,(H2,14,15);1-5,7-8H,9H2;3H,1-2H3;2*1H;/q;;;;;+3/p-3. The molecule has 0 unspecified atom stereocenters. The third-order valence-corrected chi connectivity index (χ3v) is 38.2. The van der Waals surface area contributed by atoms with Gasteiger partial charge < -0.3 is 0 Å². The van der Waals surface area contributed by atoms with Crippen LogP contribution in [0.3, 0.4) is 0 Å². The van der Waals surface area contributed by atoms with E-state index in [0.717, 1.165) is 36.0 Å². The van der Waals surface area contributed by atoms with Crippen molar-refractivity contribution in [1.82, 2.24) is 3.80 Å². The number of hydrogen-bond acceptors (Lipinski definition) is 1. The molecule has 2 aromatic rings. The van der Waals surface area contributed by atoms with E-state index in [1.807, 2.05) is 0 Å². The van der Waals surface area contributed by atoms with E-state index in [9.17, 15) is 4.79 Å². The van der Waals surface area contributed by atoms with Gasteiger partial charge in [-0.05, 0) is 0 Å². The molecule has 2 aromatic carbocycles. The molecule has 2 aliphatic carbocycles. The van der Waals surface area contributed by atoms with Crippen molar-refractivity contribution in [3.8, 4) is 11.1 Å². The van der Waals surface area contributed by atoms with Gasteiger partial charge in [0.1, 0.15) is 0 Å². The van der Waals surface area contributed by atoms with Gasteiger partial charge in [-0.25, -0.2) is 0 Å². The molecule has 0 spiro atoms. The predicted molar refractivity (Wildman–Crippen MR) is 147 cm³/mol. The molecule has 1 fully saturated rings. The summed E-state index contributed by atoms with van der Waals surface area (Å²) < 4.78 is 4.54. The molecule has 4 rings (SSSR count). The van der Waals surface area contributed by atoms with E-state index in [1.54, 1.807) is 0 Å². The first-order chi connectivity index (χ1) is 16.3. The average Bonchev–Trinajstić information content (AvgIpc) is 3.18. The molecule has 0 saturated heterocycles. The first kappa shape index (κ1) is 26.5. The fourth-order valence-corrected chi connectivity index (χ4v) is 18.0. The number of benzene rings is 2. The van der Waals surface area contributed by atoms with Crippen LogP contribution >= 0.6 is 18.6 Å². The molecule has 1 saturated carbocycles. The Morgan fingerprint density at radius 2 is 1.38 bits per heavy atom. The van der Waals surface area contributed by atoms with E-state index in [1.165, 1.54) is 67.2 Å². The molecule has 1 amide bonds. The van der Waals surface area contributed by atoms with Crippen LogP contribution in [0.5, 0.6) is 0 Å². The molecule has 0 atom stereocenters. The van der Waals surface area contributed by atoms with Gasteiger partial charge in [0.2, 0.25) is 0 Å².